The SMILES string of the molecule is O=C1N=C(N2CCN(c3cccc(Cl)c3)CC2)S/C1=C\c1ccc(O)cc1. The van der Waals surface area contributed by atoms with Crippen LogP contribution in [0.15, 0.2) is 58.4 Å². The number of carbonyl (C=O) groups excluding carboxylic acids is 1. The maximum absolute atomic E-state index is 12.2. The van der Waals surface area contributed by atoms with Gasteiger partial charge in [-0.05, 0) is 53.7 Å². The van der Waals surface area contributed by atoms with Crippen LogP contribution in [0.5, 0.6) is 5.75 Å². The molecule has 0 atom stereocenters. The van der Waals surface area contributed by atoms with E-state index in [1.54, 1.807) is 24.3 Å². The second kappa shape index (κ2) is 7.66. The number of phenols is 1. The Morgan fingerprint density at radius 1 is 1.04 bits per heavy atom. The number of aliphatic imine (C=N–C) groups is 1. The number of rotatable bonds is 2. The Morgan fingerprint density at radius 2 is 1.74 bits per heavy atom. The van der Waals surface area contributed by atoms with Gasteiger partial charge in [0.2, 0.25) is 0 Å². The predicted molar refractivity (Wildman–Crippen MR) is 111 cm³/mol. The van der Waals surface area contributed by atoms with E-state index < -0.39 is 0 Å². The van der Waals surface area contributed by atoms with Gasteiger partial charge in [-0.1, -0.05) is 29.8 Å². The number of hydrogen-bond acceptors (Lipinski definition) is 5. The van der Waals surface area contributed by atoms with Crippen LogP contribution in [0.2, 0.25) is 5.02 Å². The van der Waals surface area contributed by atoms with Gasteiger partial charge in [0.15, 0.2) is 5.17 Å². The molecule has 1 amide bonds. The standard InChI is InChI=1S/C20H18ClN3O2S/c21-15-2-1-3-16(13-15)23-8-10-24(11-9-23)20-22-19(26)18(27-20)12-14-4-6-17(25)7-5-14/h1-7,12-13,25H,8-11H2/b18-12-. The van der Waals surface area contributed by atoms with Gasteiger partial charge < -0.3 is 14.9 Å². The van der Waals surface area contributed by atoms with E-state index in [-0.39, 0.29) is 11.7 Å². The Kier molecular flexibility index (Phi) is 5.09. The summed E-state index contributed by atoms with van der Waals surface area (Å²) >= 11 is 7.50. The Morgan fingerprint density at radius 3 is 2.44 bits per heavy atom. The van der Waals surface area contributed by atoms with Gasteiger partial charge in [0, 0.05) is 36.9 Å². The van der Waals surface area contributed by atoms with E-state index in [0.717, 1.165) is 47.6 Å². The van der Waals surface area contributed by atoms with Gasteiger partial charge in [-0.25, -0.2) is 0 Å². The molecule has 0 radical (unpaired) electrons. The Bertz CT molecular complexity index is 919. The highest BCUT2D eigenvalue weighted by molar-refractivity contribution is 8.18. The van der Waals surface area contributed by atoms with E-state index in [1.165, 1.54) is 11.8 Å². The molecule has 2 aliphatic heterocycles. The van der Waals surface area contributed by atoms with Crippen LogP contribution in [0, 0.1) is 0 Å². The van der Waals surface area contributed by atoms with Crippen molar-refractivity contribution in [2.45, 2.75) is 0 Å². The molecule has 138 valence electrons. The molecule has 0 spiro atoms. The minimum Gasteiger partial charge on any atom is -0.508 e. The van der Waals surface area contributed by atoms with Crippen LogP contribution >= 0.6 is 23.4 Å². The molecular formula is C20H18ClN3O2S. The van der Waals surface area contributed by atoms with Crippen molar-refractivity contribution in [3.05, 3.63) is 64.0 Å². The number of halogens is 1. The highest BCUT2D eigenvalue weighted by Gasteiger charge is 2.28. The summed E-state index contributed by atoms with van der Waals surface area (Å²) in [5.41, 5.74) is 1.98. The van der Waals surface area contributed by atoms with E-state index in [1.807, 2.05) is 24.3 Å². The minimum atomic E-state index is -0.208. The molecule has 1 saturated heterocycles. The van der Waals surface area contributed by atoms with Crippen molar-refractivity contribution in [2.75, 3.05) is 31.1 Å². The molecule has 4 rings (SSSR count). The number of thioether (sulfide) groups is 1. The number of carbonyl (C=O) groups is 1. The van der Waals surface area contributed by atoms with Crippen LogP contribution in [0.3, 0.4) is 0 Å². The number of amides is 1. The van der Waals surface area contributed by atoms with Crippen molar-refractivity contribution in [3.63, 3.8) is 0 Å². The quantitative estimate of drug-likeness (QED) is 0.777. The maximum atomic E-state index is 12.2. The Labute approximate surface area is 167 Å². The smallest absolute Gasteiger partial charge is 0.286 e. The van der Waals surface area contributed by atoms with Crippen molar-refractivity contribution in [1.82, 2.24) is 4.90 Å². The van der Waals surface area contributed by atoms with Crippen LogP contribution in [0.1, 0.15) is 5.56 Å². The van der Waals surface area contributed by atoms with Crippen LogP contribution in [0.25, 0.3) is 6.08 Å². The fraction of sp³-hybridized carbons (Fsp3) is 0.200. The third-order valence-electron chi connectivity index (χ3n) is 4.52. The zero-order chi connectivity index (χ0) is 18.8. The number of nitrogens with zero attached hydrogens (tertiary/aromatic N) is 3. The van der Waals surface area contributed by atoms with Crippen molar-refractivity contribution in [2.24, 2.45) is 4.99 Å². The third-order valence-corrected chi connectivity index (χ3v) is 5.80. The lowest BCUT2D eigenvalue weighted by molar-refractivity contribution is -0.113. The lowest BCUT2D eigenvalue weighted by atomic mass is 10.2. The first kappa shape index (κ1) is 17.9. The molecule has 0 bridgehead atoms. The van der Waals surface area contributed by atoms with Crippen molar-refractivity contribution < 1.29 is 9.90 Å². The number of anilines is 1. The number of amidine groups is 1. The first-order chi connectivity index (χ1) is 13.1. The van der Waals surface area contributed by atoms with Gasteiger partial charge in [-0.2, -0.15) is 4.99 Å². The molecule has 2 aromatic rings. The fourth-order valence-electron chi connectivity index (χ4n) is 3.08. The monoisotopic (exact) mass is 399 g/mol. The van der Waals surface area contributed by atoms with Crippen LogP contribution in [0.4, 0.5) is 5.69 Å². The Hall–Kier alpha value is -2.44. The molecule has 2 aromatic carbocycles. The molecule has 2 aliphatic rings. The van der Waals surface area contributed by atoms with Crippen LogP contribution in [-0.2, 0) is 4.79 Å². The van der Waals surface area contributed by atoms with E-state index in [4.69, 9.17) is 11.6 Å². The second-order valence-corrected chi connectivity index (χ2v) is 7.80. The Balaban J connectivity index is 1.40. The van der Waals surface area contributed by atoms with Gasteiger partial charge in [-0.15, -0.1) is 0 Å². The summed E-state index contributed by atoms with van der Waals surface area (Å²) in [6, 6.07) is 14.6. The molecule has 1 fully saturated rings. The summed E-state index contributed by atoms with van der Waals surface area (Å²) in [7, 11) is 0. The number of piperazine rings is 1. The highest BCUT2D eigenvalue weighted by atomic mass is 35.5. The largest absolute Gasteiger partial charge is 0.508 e. The summed E-state index contributed by atoms with van der Waals surface area (Å²) in [5.74, 6) is -0.00240. The molecule has 5 nitrogen and oxygen atoms in total. The minimum absolute atomic E-state index is 0.206. The van der Waals surface area contributed by atoms with E-state index >= 15 is 0 Å². The first-order valence-corrected chi connectivity index (χ1v) is 9.85. The van der Waals surface area contributed by atoms with E-state index in [9.17, 15) is 9.90 Å². The van der Waals surface area contributed by atoms with Gasteiger partial charge in [0.05, 0.1) is 4.91 Å². The predicted octanol–water partition coefficient (Wildman–Crippen LogP) is 3.84. The van der Waals surface area contributed by atoms with Crippen molar-refractivity contribution in [1.29, 1.82) is 0 Å². The summed E-state index contributed by atoms with van der Waals surface area (Å²) < 4.78 is 0. The van der Waals surface area contributed by atoms with Gasteiger partial charge in [0.1, 0.15) is 5.75 Å². The summed E-state index contributed by atoms with van der Waals surface area (Å²) in [6.45, 7) is 3.31. The lowest BCUT2D eigenvalue weighted by Crippen LogP contribution is -2.47. The second-order valence-electron chi connectivity index (χ2n) is 6.36. The molecule has 0 saturated carbocycles. The first-order valence-electron chi connectivity index (χ1n) is 8.65. The van der Waals surface area contributed by atoms with Crippen LogP contribution < -0.4 is 4.90 Å². The van der Waals surface area contributed by atoms with E-state index in [2.05, 4.69) is 20.9 Å². The third kappa shape index (κ3) is 4.12. The molecule has 2 heterocycles. The fourth-order valence-corrected chi connectivity index (χ4v) is 4.23. The molecule has 1 N–H and O–H groups in total. The topological polar surface area (TPSA) is 56.1 Å². The molecular weight excluding hydrogens is 382 g/mol. The van der Waals surface area contributed by atoms with Gasteiger partial charge in [-0.3, -0.25) is 4.79 Å². The average molecular weight is 400 g/mol. The zero-order valence-electron chi connectivity index (χ0n) is 14.5. The summed E-state index contributed by atoms with van der Waals surface area (Å²) in [6.07, 6.45) is 1.81. The number of hydrogen-bond donors (Lipinski definition) is 1. The van der Waals surface area contributed by atoms with Crippen LogP contribution in [-0.4, -0.2) is 47.3 Å². The van der Waals surface area contributed by atoms with Gasteiger partial charge in [0.25, 0.3) is 5.91 Å². The molecule has 0 aromatic heterocycles. The maximum Gasteiger partial charge on any atom is 0.286 e. The molecule has 0 aliphatic carbocycles. The lowest BCUT2D eigenvalue weighted by Gasteiger charge is -2.36. The normalized spacial score (nSPS) is 18.9. The number of phenolic OH excluding ortho intramolecular Hbond substituents is 1. The molecule has 27 heavy (non-hydrogen) atoms. The van der Waals surface area contributed by atoms with Crippen molar-refractivity contribution >= 4 is 46.2 Å². The van der Waals surface area contributed by atoms with Crippen molar-refractivity contribution in [3.8, 4) is 5.75 Å². The highest BCUT2D eigenvalue weighted by Crippen LogP contribution is 2.31. The number of benzene rings is 2. The molecule has 7 heteroatoms. The number of aromatic hydroxyl groups is 1. The zero-order valence-corrected chi connectivity index (χ0v) is 16.1. The average Bonchev–Trinajstić information content (AvgIpc) is 3.04. The van der Waals surface area contributed by atoms with Gasteiger partial charge >= 0.3 is 0 Å². The van der Waals surface area contributed by atoms with E-state index in [0.29, 0.717) is 4.91 Å². The molecule has 0 unspecified atom stereocenters. The summed E-state index contributed by atoms with van der Waals surface area (Å²) in [5, 5.41) is 10.9. The summed E-state index contributed by atoms with van der Waals surface area (Å²) in [4.78, 5) is 21.5.